The fourth-order valence-corrected chi connectivity index (χ4v) is 2.43. The molecule has 0 saturated carbocycles. The van der Waals surface area contributed by atoms with Gasteiger partial charge in [-0.25, -0.2) is 4.79 Å². The van der Waals surface area contributed by atoms with E-state index in [1.54, 1.807) is 17.0 Å². The molecule has 22 heavy (non-hydrogen) atoms. The molecule has 2 rings (SSSR count). The molecule has 0 N–H and O–H groups in total. The van der Waals surface area contributed by atoms with Crippen molar-refractivity contribution in [2.24, 2.45) is 0 Å². The number of hydrogen-bond acceptors (Lipinski definition) is 3. The first-order valence-electron chi connectivity index (χ1n) is 7.57. The fraction of sp³-hybridized carbons (Fsp3) is 0.444. The van der Waals surface area contributed by atoms with Gasteiger partial charge in [0.2, 0.25) is 0 Å². The van der Waals surface area contributed by atoms with Gasteiger partial charge in [0, 0.05) is 6.54 Å². The minimum atomic E-state index is -0.471. The summed E-state index contributed by atoms with van der Waals surface area (Å²) in [5.41, 5.74) is 1.20. The Morgan fingerprint density at radius 1 is 1.36 bits per heavy atom. The Balaban J connectivity index is 2.02. The van der Waals surface area contributed by atoms with E-state index in [0.29, 0.717) is 5.56 Å². The summed E-state index contributed by atoms with van der Waals surface area (Å²) in [6, 6.07) is 9.57. The van der Waals surface area contributed by atoms with Crippen LogP contribution in [0.5, 0.6) is 0 Å². The Kier molecular flexibility index (Phi) is 4.87. The van der Waals surface area contributed by atoms with Gasteiger partial charge in [0.15, 0.2) is 0 Å². The third-order valence-corrected chi connectivity index (χ3v) is 3.48. The van der Waals surface area contributed by atoms with E-state index in [1.807, 2.05) is 45.1 Å². The number of nitrogens with zero attached hydrogens (tertiary/aromatic N) is 2. The summed E-state index contributed by atoms with van der Waals surface area (Å²) in [6.45, 7) is 6.37. The number of carbonyl (C=O) groups excluding carboxylic acids is 1. The van der Waals surface area contributed by atoms with Gasteiger partial charge in [-0.2, -0.15) is 5.26 Å². The maximum atomic E-state index is 12.2. The Morgan fingerprint density at radius 3 is 2.64 bits per heavy atom. The first-order chi connectivity index (χ1) is 10.4. The molecule has 0 aromatic heterocycles. The zero-order chi connectivity index (χ0) is 16.2. The van der Waals surface area contributed by atoms with Gasteiger partial charge in [0.05, 0.1) is 17.7 Å². The summed E-state index contributed by atoms with van der Waals surface area (Å²) in [7, 11) is 0. The summed E-state index contributed by atoms with van der Waals surface area (Å²) in [6.07, 6.45) is 5.72. The molecule has 1 saturated heterocycles. The van der Waals surface area contributed by atoms with E-state index in [4.69, 9.17) is 10.00 Å². The van der Waals surface area contributed by atoms with Crippen LogP contribution in [0.4, 0.5) is 4.79 Å². The molecule has 1 unspecified atom stereocenters. The van der Waals surface area contributed by atoms with E-state index in [1.165, 1.54) is 0 Å². The number of carbonyl (C=O) groups is 1. The lowest BCUT2D eigenvalue weighted by Crippen LogP contribution is -2.39. The van der Waals surface area contributed by atoms with Crippen LogP contribution in [0.3, 0.4) is 0 Å². The number of rotatable bonds is 2. The number of likely N-dealkylation sites (tertiary alicyclic amines) is 1. The maximum Gasteiger partial charge on any atom is 0.410 e. The van der Waals surface area contributed by atoms with Crippen LogP contribution in [-0.4, -0.2) is 29.2 Å². The maximum absolute atomic E-state index is 12.2. The van der Waals surface area contributed by atoms with Crippen molar-refractivity contribution in [2.45, 2.75) is 45.3 Å². The van der Waals surface area contributed by atoms with Crippen molar-refractivity contribution in [3.05, 3.63) is 41.5 Å². The molecular formula is C18H22N2O2. The molecule has 1 amide bonds. The summed E-state index contributed by atoms with van der Waals surface area (Å²) >= 11 is 0. The van der Waals surface area contributed by atoms with Crippen LogP contribution in [0.1, 0.15) is 44.7 Å². The molecule has 1 aliphatic rings. The predicted molar refractivity (Wildman–Crippen MR) is 86.2 cm³/mol. The molecule has 0 aliphatic carbocycles. The second-order valence-corrected chi connectivity index (χ2v) is 6.48. The van der Waals surface area contributed by atoms with Crippen molar-refractivity contribution in [2.75, 3.05) is 6.54 Å². The van der Waals surface area contributed by atoms with Gasteiger partial charge in [0.1, 0.15) is 5.60 Å². The third-order valence-electron chi connectivity index (χ3n) is 3.48. The molecule has 1 atom stereocenters. The van der Waals surface area contributed by atoms with Gasteiger partial charge in [-0.15, -0.1) is 0 Å². The number of nitriles is 1. The van der Waals surface area contributed by atoms with Gasteiger partial charge in [0.25, 0.3) is 0 Å². The van der Waals surface area contributed by atoms with Gasteiger partial charge < -0.3 is 9.64 Å². The first-order valence-corrected chi connectivity index (χ1v) is 7.57. The SMILES string of the molecule is CC(C)(C)OC(=O)N1CCCC1/C=C/c1ccc(C#N)cc1. The Labute approximate surface area is 132 Å². The van der Waals surface area contributed by atoms with Gasteiger partial charge >= 0.3 is 6.09 Å². The van der Waals surface area contributed by atoms with Crippen molar-refractivity contribution in [3.8, 4) is 6.07 Å². The highest BCUT2D eigenvalue weighted by molar-refractivity contribution is 5.69. The highest BCUT2D eigenvalue weighted by Crippen LogP contribution is 2.22. The smallest absolute Gasteiger partial charge is 0.410 e. The zero-order valence-corrected chi connectivity index (χ0v) is 13.4. The molecule has 1 aromatic rings. The fourth-order valence-electron chi connectivity index (χ4n) is 2.43. The Morgan fingerprint density at radius 2 is 2.05 bits per heavy atom. The Hall–Kier alpha value is -2.28. The predicted octanol–water partition coefficient (Wildman–Crippen LogP) is 3.97. The van der Waals surface area contributed by atoms with Crippen LogP contribution in [0.2, 0.25) is 0 Å². The first kappa shape index (κ1) is 16.1. The lowest BCUT2D eigenvalue weighted by Gasteiger charge is -2.27. The van der Waals surface area contributed by atoms with Crippen LogP contribution < -0.4 is 0 Å². The molecule has 116 valence electrons. The average molecular weight is 298 g/mol. The molecule has 0 bridgehead atoms. The van der Waals surface area contributed by atoms with Crippen LogP contribution in [-0.2, 0) is 4.74 Å². The molecule has 1 aromatic carbocycles. The number of benzene rings is 1. The summed E-state index contributed by atoms with van der Waals surface area (Å²) < 4.78 is 5.45. The van der Waals surface area contributed by atoms with Gasteiger partial charge in [-0.1, -0.05) is 24.3 Å². The van der Waals surface area contributed by atoms with Crippen LogP contribution >= 0.6 is 0 Å². The third kappa shape index (κ3) is 4.36. The molecular weight excluding hydrogens is 276 g/mol. The second kappa shape index (κ2) is 6.65. The zero-order valence-electron chi connectivity index (χ0n) is 13.4. The van der Waals surface area contributed by atoms with Gasteiger partial charge in [-0.3, -0.25) is 0 Å². The lowest BCUT2D eigenvalue weighted by atomic mass is 10.1. The molecule has 1 aliphatic heterocycles. The topological polar surface area (TPSA) is 53.3 Å². The van der Waals surface area contributed by atoms with Crippen LogP contribution in [0.15, 0.2) is 30.3 Å². The van der Waals surface area contributed by atoms with Crippen LogP contribution in [0.25, 0.3) is 6.08 Å². The normalized spacial score (nSPS) is 18.5. The molecule has 1 heterocycles. The molecule has 0 radical (unpaired) electrons. The van der Waals surface area contributed by atoms with E-state index >= 15 is 0 Å². The lowest BCUT2D eigenvalue weighted by molar-refractivity contribution is 0.0256. The highest BCUT2D eigenvalue weighted by atomic mass is 16.6. The second-order valence-electron chi connectivity index (χ2n) is 6.48. The summed E-state index contributed by atoms with van der Waals surface area (Å²) in [5.74, 6) is 0. The average Bonchev–Trinajstić information content (AvgIpc) is 2.92. The standard InChI is InChI=1S/C18H22N2O2/c1-18(2,3)22-17(21)20-12-4-5-16(20)11-10-14-6-8-15(13-19)9-7-14/h6-11,16H,4-5,12H2,1-3H3/b11-10+. The van der Waals surface area contributed by atoms with Crippen LogP contribution in [0, 0.1) is 11.3 Å². The number of hydrogen-bond donors (Lipinski definition) is 0. The summed E-state index contributed by atoms with van der Waals surface area (Å²) in [5, 5.41) is 8.79. The van der Waals surface area contributed by atoms with E-state index < -0.39 is 5.60 Å². The number of amides is 1. The van der Waals surface area contributed by atoms with Gasteiger partial charge in [-0.05, 0) is 51.3 Å². The Bertz CT molecular complexity index is 591. The van der Waals surface area contributed by atoms with E-state index in [9.17, 15) is 4.79 Å². The minimum absolute atomic E-state index is 0.0745. The highest BCUT2D eigenvalue weighted by Gasteiger charge is 2.30. The van der Waals surface area contributed by atoms with Crippen molar-refractivity contribution in [1.82, 2.24) is 4.90 Å². The van der Waals surface area contributed by atoms with E-state index in [2.05, 4.69) is 6.07 Å². The monoisotopic (exact) mass is 298 g/mol. The van der Waals surface area contributed by atoms with E-state index in [-0.39, 0.29) is 12.1 Å². The van der Waals surface area contributed by atoms with Crippen molar-refractivity contribution in [3.63, 3.8) is 0 Å². The largest absolute Gasteiger partial charge is 0.444 e. The quantitative estimate of drug-likeness (QED) is 0.830. The number of ether oxygens (including phenoxy) is 1. The molecule has 4 heteroatoms. The molecule has 1 fully saturated rings. The minimum Gasteiger partial charge on any atom is -0.444 e. The van der Waals surface area contributed by atoms with E-state index in [0.717, 1.165) is 24.9 Å². The van der Waals surface area contributed by atoms with Crippen molar-refractivity contribution >= 4 is 12.2 Å². The molecule has 4 nitrogen and oxygen atoms in total. The van der Waals surface area contributed by atoms with Crippen molar-refractivity contribution < 1.29 is 9.53 Å². The van der Waals surface area contributed by atoms with Crippen molar-refractivity contribution in [1.29, 1.82) is 5.26 Å². The molecule has 0 spiro atoms. The summed E-state index contributed by atoms with van der Waals surface area (Å²) in [4.78, 5) is 14.0.